The molecule has 0 atom stereocenters. The van der Waals surface area contributed by atoms with E-state index in [0.717, 1.165) is 17.1 Å². The van der Waals surface area contributed by atoms with Crippen molar-refractivity contribution in [3.05, 3.63) is 44.6 Å². The van der Waals surface area contributed by atoms with Crippen LogP contribution in [0.15, 0.2) is 23.6 Å². The lowest BCUT2D eigenvalue weighted by atomic mass is 10.0. The second-order valence-electron chi connectivity index (χ2n) is 4.25. The Kier molecular flexibility index (Phi) is 3.87. The van der Waals surface area contributed by atoms with Gasteiger partial charge in [-0.2, -0.15) is 0 Å². The molecule has 1 aromatic heterocycles. The molecule has 0 aliphatic carbocycles. The maximum atomic E-state index is 6.12. The molecule has 90 valence electrons. The fourth-order valence-electron chi connectivity index (χ4n) is 1.88. The van der Waals surface area contributed by atoms with Crippen molar-refractivity contribution in [1.29, 1.82) is 0 Å². The van der Waals surface area contributed by atoms with E-state index in [9.17, 15) is 0 Å². The number of benzene rings is 1. The fraction of sp³-hybridized carbons (Fsp3) is 0.286. The first-order valence-electron chi connectivity index (χ1n) is 5.61. The molecule has 0 fully saturated rings. The highest BCUT2D eigenvalue weighted by atomic mass is 35.5. The number of rotatable bonds is 3. The molecule has 0 saturated carbocycles. The van der Waals surface area contributed by atoms with Crippen molar-refractivity contribution < 1.29 is 0 Å². The second-order valence-corrected chi connectivity index (χ2v) is 5.65. The maximum absolute atomic E-state index is 6.12. The summed E-state index contributed by atoms with van der Waals surface area (Å²) in [6.45, 7) is 5.08. The van der Waals surface area contributed by atoms with Crippen LogP contribution in [0.4, 0.5) is 0 Å². The summed E-state index contributed by atoms with van der Waals surface area (Å²) in [5.74, 6) is 0. The largest absolute Gasteiger partial charge is 0.315 e. The number of thiophene rings is 1. The van der Waals surface area contributed by atoms with Crippen molar-refractivity contribution in [2.75, 3.05) is 7.05 Å². The molecule has 17 heavy (non-hydrogen) atoms. The zero-order valence-corrected chi connectivity index (χ0v) is 11.9. The van der Waals surface area contributed by atoms with Gasteiger partial charge in [-0.1, -0.05) is 11.6 Å². The lowest BCUT2D eigenvalue weighted by Crippen LogP contribution is -2.02. The molecule has 0 saturated heterocycles. The molecule has 0 unspecified atom stereocenters. The highest BCUT2D eigenvalue weighted by molar-refractivity contribution is 7.10. The molecule has 0 aliphatic heterocycles. The third kappa shape index (κ3) is 2.71. The van der Waals surface area contributed by atoms with E-state index in [2.05, 4.69) is 29.8 Å². The molecular weight excluding hydrogens is 250 g/mol. The Morgan fingerprint density at radius 2 is 1.94 bits per heavy atom. The van der Waals surface area contributed by atoms with E-state index in [0.29, 0.717) is 0 Å². The highest BCUT2D eigenvalue weighted by Crippen LogP contribution is 2.31. The molecule has 1 N–H and O–H groups in total. The van der Waals surface area contributed by atoms with Crippen LogP contribution in [0.3, 0.4) is 0 Å². The van der Waals surface area contributed by atoms with Crippen LogP contribution in [0.25, 0.3) is 11.1 Å². The molecule has 2 rings (SSSR count). The van der Waals surface area contributed by atoms with Crippen LogP contribution in [0, 0.1) is 13.8 Å². The van der Waals surface area contributed by atoms with E-state index in [1.807, 2.05) is 20.0 Å². The van der Waals surface area contributed by atoms with Gasteiger partial charge < -0.3 is 5.32 Å². The van der Waals surface area contributed by atoms with Gasteiger partial charge in [0.15, 0.2) is 0 Å². The Bertz CT molecular complexity index is 531. The van der Waals surface area contributed by atoms with Crippen LogP contribution in [-0.2, 0) is 6.54 Å². The summed E-state index contributed by atoms with van der Waals surface area (Å²) in [5, 5.41) is 6.23. The van der Waals surface area contributed by atoms with E-state index < -0.39 is 0 Å². The molecular formula is C14H16ClNS. The van der Waals surface area contributed by atoms with Crippen LogP contribution >= 0.6 is 22.9 Å². The summed E-state index contributed by atoms with van der Waals surface area (Å²) >= 11 is 7.91. The minimum atomic E-state index is 0.844. The van der Waals surface area contributed by atoms with Gasteiger partial charge in [0, 0.05) is 16.4 Å². The van der Waals surface area contributed by atoms with Gasteiger partial charge in [-0.15, -0.1) is 11.3 Å². The topological polar surface area (TPSA) is 12.0 Å². The molecule has 0 bridgehead atoms. The molecule has 0 spiro atoms. The second kappa shape index (κ2) is 5.21. The quantitative estimate of drug-likeness (QED) is 0.867. The number of hydrogen-bond donors (Lipinski definition) is 1. The van der Waals surface area contributed by atoms with Gasteiger partial charge >= 0.3 is 0 Å². The number of hydrogen-bond acceptors (Lipinski definition) is 2. The molecule has 1 heterocycles. The Hall–Kier alpha value is -0.830. The Labute approximate surface area is 111 Å². The predicted molar refractivity (Wildman–Crippen MR) is 77.0 cm³/mol. The molecule has 0 radical (unpaired) electrons. The van der Waals surface area contributed by atoms with Crippen LogP contribution in [0.5, 0.6) is 0 Å². The van der Waals surface area contributed by atoms with E-state index >= 15 is 0 Å². The third-order valence-electron chi connectivity index (χ3n) is 2.82. The highest BCUT2D eigenvalue weighted by Gasteiger charge is 2.07. The lowest BCUT2D eigenvalue weighted by Gasteiger charge is -2.07. The van der Waals surface area contributed by atoms with Gasteiger partial charge in [-0.3, -0.25) is 0 Å². The van der Waals surface area contributed by atoms with Gasteiger partial charge in [0.2, 0.25) is 0 Å². The van der Waals surface area contributed by atoms with Crippen molar-refractivity contribution >= 4 is 22.9 Å². The van der Waals surface area contributed by atoms with E-state index in [-0.39, 0.29) is 0 Å². The summed E-state index contributed by atoms with van der Waals surface area (Å²) in [5.41, 5.74) is 4.94. The average Bonchev–Trinajstić information content (AvgIpc) is 2.72. The van der Waals surface area contributed by atoms with Crippen LogP contribution in [0.2, 0.25) is 5.02 Å². The normalized spacial score (nSPS) is 10.8. The number of nitrogens with one attached hydrogen (secondary N) is 1. The minimum Gasteiger partial charge on any atom is -0.315 e. The molecule has 1 aromatic carbocycles. The first-order chi connectivity index (χ1) is 8.11. The van der Waals surface area contributed by atoms with Crippen molar-refractivity contribution in [1.82, 2.24) is 5.32 Å². The van der Waals surface area contributed by atoms with E-state index in [1.165, 1.54) is 21.6 Å². The number of aryl methyl sites for hydroxylation is 2. The fourth-order valence-corrected chi connectivity index (χ4v) is 3.00. The van der Waals surface area contributed by atoms with Crippen LogP contribution < -0.4 is 5.32 Å². The zero-order chi connectivity index (χ0) is 12.4. The van der Waals surface area contributed by atoms with Gasteiger partial charge in [0.25, 0.3) is 0 Å². The molecule has 1 nitrogen and oxygen atoms in total. The van der Waals surface area contributed by atoms with Gasteiger partial charge in [0.1, 0.15) is 0 Å². The van der Waals surface area contributed by atoms with Gasteiger partial charge in [-0.25, -0.2) is 0 Å². The summed E-state index contributed by atoms with van der Waals surface area (Å²) in [4.78, 5) is 1.36. The molecule has 0 aliphatic rings. The van der Waals surface area contributed by atoms with E-state index in [4.69, 9.17) is 11.6 Å². The molecule has 3 heteroatoms. The van der Waals surface area contributed by atoms with Gasteiger partial charge in [-0.05, 0) is 66.7 Å². The maximum Gasteiger partial charge on any atom is 0.0438 e. The summed E-state index contributed by atoms with van der Waals surface area (Å²) in [6, 6.07) is 6.46. The monoisotopic (exact) mass is 265 g/mol. The zero-order valence-electron chi connectivity index (χ0n) is 10.3. The standard InChI is InChI=1S/C14H16ClNS/c1-9-5-14(15)10(2)4-13(9)11-6-12(7-16-3)17-8-11/h4-6,8,16H,7H2,1-3H3. The molecule has 0 amide bonds. The summed E-state index contributed by atoms with van der Waals surface area (Å²) in [6.07, 6.45) is 0. The van der Waals surface area contributed by atoms with Crippen molar-refractivity contribution in [2.24, 2.45) is 0 Å². The lowest BCUT2D eigenvalue weighted by molar-refractivity contribution is 0.831. The molecule has 2 aromatic rings. The third-order valence-corrected chi connectivity index (χ3v) is 4.17. The van der Waals surface area contributed by atoms with Crippen LogP contribution in [0.1, 0.15) is 16.0 Å². The first-order valence-corrected chi connectivity index (χ1v) is 6.86. The Balaban J connectivity index is 2.41. The van der Waals surface area contributed by atoms with E-state index in [1.54, 1.807) is 11.3 Å². The van der Waals surface area contributed by atoms with Crippen LogP contribution in [-0.4, -0.2) is 7.05 Å². The summed E-state index contributed by atoms with van der Waals surface area (Å²) < 4.78 is 0. The van der Waals surface area contributed by atoms with Crippen molar-refractivity contribution in [3.63, 3.8) is 0 Å². The smallest absolute Gasteiger partial charge is 0.0438 e. The predicted octanol–water partition coefficient (Wildman–Crippen LogP) is 4.40. The number of halogens is 1. The minimum absolute atomic E-state index is 0.844. The summed E-state index contributed by atoms with van der Waals surface area (Å²) in [7, 11) is 1.97. The van der Waals surface area contributed by atoms with Crippen molar-refractivity contribution in [3.8, 4) is 11.1 Å². The SMILES string of the molecule is CNCc1cc(-c2cc(C)c(Cl)cc2C)cs1. The Morgan fingerprint density at radius 3 is 2.65 bits per heavy atom. The van der Waals surface area contributed by atoms with Crippen molar-refractivity contribution in [2.45, 2.75) is 20.4 Å². The average molecular weight is 266 g/mol. The first kappa shape index (κ1) is 12.6. The Morgan fingerprint density at radius 1 is 1.18 bits per heavy atom. The van der Waals surface area contributed by atoms with Gasteiger partial charge in [0.05, 0.1) is 0 Å².